The molecular weight excluding hydrogens is 400 g/mol. The van der Waals surface area contributed by atoms with Gasteiger partial charge in [-0.1, -0.05) is 13.0 Å². The molecule has 2 aromatic heterocycles. The number of hydrogen-bond donors (Lipinski definition) is 2. The number of fused-ring (bicyclic) bond motifs is 5. The van der Waals surface area contributed by atoms with E-state index in [1.165, 1.54) is 6.08 Å². The van der Waals surface area contributed by atoms with Crippen LogP contribution >= 0.6 is 0 Å². The van der Waals surface area contributed by atoms with Gasteiger partial charge in [-0.25, -0.2) is 14.6 Å². The number of esters is 1. The Kier molecular flexibility index (Phi) is 4.10. The molecule has 0 unspecified atom stereocenters. The molecule has 0 spiro atoms. The minimum atomic E-state index is -1.85. The van der Waals surface area contributed by atoms with Crippen molar-refractivity contribution in [2.45, 2.75) is 32.1 Å². The molecule has 0 saturated heterocycles. The second-order valence-electron chi connectivity index (χ2n) is 7.72. The van der Waals surface area contributed by atoms with Crippen molar-refractivity contribution in [1.29, 1.82) is 0 Å². The molecule has 0 saturated carbocycles. The van der Waals surface area contributed by atoms with Gasteiger partial charge < -0.3 is 19.5 Å². The average molecular weight is 418 g/mol. The molecule has 3 aromatic rings. The third-order valence-corrected chi connectivity index (χ3v) is 5.95. The lowest BCUT2D eigenvalue weighted by Gasteiger charge is -2.31. The Balaban J connectivity index is 1.68. The number of pyridine rings is 2. The third-order valence-electron chi connectivity index (χ3n) is 5.95. The van der Waals surface area contributed by atoms with Crippen molar-refractivity contribution < 1.29 is 24.5 Å². The lowest BCUT2D eigenvalue weighted by atomic mass is 9.86. The van der Waals surface area contributed by atoms with E-state index in [4.69, 9.17) is 14.8 Å². The van der Waals surface area contributed by atoms with Crippen LogP contribution in [0.5, 0.6) is 0 Å². The summed E-state index contributed by atoms with van der Waals surface area (Å²) >= 11 is 0. The number of carboxylic acid groups (broad SMARTS) is 1. The summed E-state index contributed by atoms with van der Waals surface area (Å²) < 4.78 is 6.66. The van der Waals surface area contributed by atoms with Gasteiger partial charge >= 0.3 is 11.9 Å². The first-order valence-electron chi connectivity index (χ1n) is 9.83. The summed E-state index contributed by atoms with van der Waals surface area (Å²) in [5.41, 5.74) is 1.83. The van der Waals surface area contributed by atoms with E-state index in [0.29, 0.717) is 23.4 Å². The van der Waals surface area contributed by atoms with Gasteiger partial charge in [-0.3, -0.25) is 4.79 Å². The number of aliphatic hydroxyl groups is 1. The molecule has 31 heavy (non-hydrogen) atoms. The summed E-state index contributed by atoms with van der Waals surface area (Å²) in [4.78, 5) is 40.9. The van der Waals surface area contributed by atoms with Crippen molar-refractivity contribution in [3.05, 3.63) is 69.0 Å². The summed E-state index contributed by atoms with van der Waals surface area (Å²) in [6, 6.07) is 8.99. The van der Waals surface area contributed by atoms with E-state index < -0.39 is 17.5 Å². The van der Waals surface area contributed by atoms with Gasteiger partial charge in [-0.05, 0) is 42.3 Å². The largest absolute Gasteiger partial charge is 0.478 e. The van der Waals surface area contributed by atoms with E-state index in [2.05, 4.69) is 0 Å². The quantitative estimate of drug-likeness (QED) is 0.387. The molecule has 0 aliphatic carbocycles. The summed E-state index contributed by atoms with van der Waals surface area (Å²) in [6.07, 6.45) is 2.66. The predicted molar refractivity (Wildman–Crippen MR) is 111 cm³/mol. The van der Waals surface area contributed by atoms with Crippen molar-refractivity contribution in [3.63, 3.8) is 0 Å². The molecule has 0 radical (unpaired) electrons. The monoisotopic (exact) mass is 418 g/mol. The lowest BCUT2D eigenvalue weighted by molar-refractivity contribution is -0.172. The summed E-state index contributed by atoms with van der Waals surface area (Å²) in [7, 11) is 0. The molecule has 1 atom stereocenters. The van der Waals surface area contributed by atoms with Crippen molar-refractivity contribution in [2.75, 3.05) is 0 Å². The van der Waals surface area contributed by atoms with Gasteiger partial charge in [0.15, 0.2) is 5.60 Å². The molecule has 1 aromatic carbocycles. The van der Waals surface area contributed by atoms with Crippen LogP contribution in [-0.2, 0) is 33.1 Å². The number of cyclic esters (lactones) is 1. The molecule has 8 nitrogen and oxygen atoms in total. The maximum atomic E-state index is 13.1. The van der Waals surface area contributed by atoms with E-state index in [1.54, 1.807) is 29.7 Å². The van der Waals surface area contributed by atoms with E-state index >= 15 is 0 Å². The lowest BCUT2D eigenvalue weighted by Crippen LogP contribution is -2.44. The van der Waals surface area contributed by atoms with Gasteiger partial charge in [0.05, 0.1) is 29.0 Å². The van der Waals surface area contributed by atoms with Gasteiger partial charge in [0.2, 0.25) is 0 Å². The Morgan fingerprint density at radius 2 is 2.10 bits per heavy atom. The summed E-state index contributed by atoms with van der Waals surface area (Å²) in [6.45, 7) is 1.81. The number of ether oxygens (including phenoxy) is 1. The van der Waals surface area contributed by atoms with Crippen LogP contribution in [0.15, 0.2) is 41.2 Å². The first kappa shape index (κ1) is 19.2. The normalized spacial score (nSPS) is 19.2. The van der Waals surface area contributed by atoms with E-state index in [9.17, 15) is 19.5 Å². The molecule has 2 aliphatic rings. The molecule has 0 amide bonds. The van der Waals surface area contributed by atoms with Crippen molar-refractivity contribution >= 4 is 28.9 Å². The Hall–Kier alpha value is -3.78. The molecule has 156 valence electrons. The number of carboxylic acids is 1. The smallest absolute Gasteiger partial charge is 0.343 e. The highest BCUT2D eigenvalue weighted by Gasteiger charge is 2.45. The van der Waals surface area contributed by atoms with Gasteiger partial charge in [0.25, 0.3) is 5.56 Å². The van der Waals surface area contributed by atoms with E-state index in [0.717, 1.165) is 22.6 Å². The number of nitrogens with zero attached hydrogens (tertiary/aromatic N) is 2. The van der Waals surface area contributed by atoms with Gasteiger partial charge in [0, 0.05) is 22.6 Å². The minimum Gasteiger partial charge on any atom is -0.478 e. The highest BCUT2D eigenvalue weighted by molar-refractivity contribution is 5.89. The number of aromatic nitrogens is 2. The molecule has 4 heterocycles. The molecule has 8 heteroatoms. The number of aliphatic carboxylic acids is 1. The van der Waals surface area contributed by atoms with Crippen molar-refractivity contribution in [2.24, 2.45) is 0 Å². The van der Waals surface area contributed by atoms with Crippen molar-refractivity contribution in [1.82, 2.24) is 9.55 Å². The standard InChI is InChI=1S/C23H18N2O6/c1-2-23(30)16-9-18-20-14(10-25(18)21(28)15(16)11-31-22(23)29)8-13-7-12(4-6-19(26)27)3-5-17(13)24-20/h3-9,30H,2,10-11H2,1H3,(H,26,27)/b6-4+/t23-/m0/s1. The Morgan fingerprint density at radius 3 is 2.84 bits per heavy atom. The van der Waals surface area contributed by atoms with Crippen LogP contribution in [0.2, 0.25) is 0 Å². The summed E-state index contributed by atoms with van der Waals surface area (Å²) in [5.74, 6) is -1.78. The maximum absolute atomic E-state index is 13.1. The first-order chi connectivity index (χ1) is 14.8. The van der Waals surface area contributed by atoms with Crippen LogP contribution < -0.4 is 5.56 Å². The van der Waals surface area contributed by atoms with Gasteiger partial charge in [-0.2, -0.15) is 0 Å². The van der Waals surface area contributed by atoms with Crippen LogP contribution in [0.1, 0.15) is 35.6 Å². The topological polar surface area (TPSA) is 119 Å². The van der Waals surface area contributed by atoms with Gasteiger partial charge in [0.1, 0.15) is 6.61 Å². The number of benzene rings is 1. The predicted octanol–water partition coefficient (Wildman–Crippen LogP) is 2.18. The molecule has 2 N–H and O–H groups in total. The number of hydrogen-bond acceptors (Lipinski definition) is 6. The zero-order valence-electron chi connectivity index (χ0n) is 16.6. The number of carbonyl (C=O) groups excluding carboxylic acids is 1. The van der Waals surface area contributed by atoms with Crippen molar-refractivity contribution in [3.8, 4) is 11.4 Å². The second-order valence-corrected chi connectivity index (χ2v) is 7.72. The third kappa shape index (κ3) is 2.79. The highest BCUT2D eigenvalue weighted by atomic mass is 16.6. The fourth-order valence-corrected chi connectivity index (χ4v) is 4.28. The van der Waals surface area contributed by atoms with Crippen LogP contribution in [0.25, 0.3) is 28.4 Å². The molecule has 0 fully saturated rings. The maximum Gasteiger partial charge on any atom is 0.343 e. The van der Waals surface area contributed by atoms with Crippen LogP contribution in [0, 0.1) is 0 Å². The van der Waals surface area contributed by atoms with Crippen LogP contribution in [0.4, 0.5) is 0 Å². The van der Waals surface area contributed by atoms with Crippen LogP contribution in [-0.4, -0.2) is 31.7 Å². The Bertz CT molecular complexity index is 1390. The van der Waals surface area contributed by atoms with E-state index in [1.807, 2.05) is 12.1 Å². The molecule has 5 rings (SSSR count). The van der Waals surface area contributed by atoms with E-state index in [-0.39, 0.29) is 29.7 Å². The first-order valence-corrected chi connectivity index (χ1v) is 9.83. The summed E-state index contributed by atoms with van der Waals surface area (Å²) in [5, 5.41) is 20.5. The fraction of sp³-hybridized carbons (Fsp3) is 0.217. The second kappa shape index (κ2) is 6.61. The highest BCUT2D eigenvalue weighted by Crippen LogP contribution is 2.38. The van der Waals surface area contributed by atoms with Gasteiger partial charge in [-0.15, -0.1) is 0 Å². The Morgan fingerprint density at radius 1 is 1.29 bits per heavy atom. The molecule has 2 aliphatic heterocycles. The SMILES string of the molecule is CC[C@@]1(O)C(=O)OCc2c1cc1n(c2=O)Cc2cc3cc(/C=C/C(=O)O)ccc3nc2-1. The molecule has 0 bridgehead atoms. The Labute approximate surface area is 176 Å². The van der Waals surface area contributed by atoms with Crippen LogP contribution in [0.3, 0.4) is 0 Å². The minimum absolute atomic E-state index is 0.0897. The average Bonchev–Trinajstić information content (AvgIpc) is 3.11. The number of rotatable bonds is 3. The fourth-order valence-electron chi connectivity index (χ4n) is 4.28. The zero-order valence-corrected chi connectivity index (χ0v) is 16.6. The molecular formula is C23H18N2O6. The number of carbonyl (C=O) groups is 2. The zero-order chi connectivity index (χ0) is 21.9.